The molecule has 0 unspecified atom stereocenters. The molecule has 22 heavy (non-hydrogen) atoms. The van der Waals surface area contributed by atoms with Crippen LogP contribution in [0.2, 0.25) is 0 Å². The summed E-state index contributed by atoms with van der Waals surface area (Å²) >= 11 is 0. The number of carbonyl (C=O) groups excluding carboxylic acids is 1. The lowest BCUT2D eigenvalue weighted by Gasteiger charge is -2.14. The molecule has 0 aliphatic rings. The van der Waals surface area contributed by atoms with Gasteiger partial charge in [0.2, 0.25) is 0 Å². The maximum atomic E-state index is 11.5. The van der Waals surface area contributed by atoms with Crippen molar-refractivity contribution in [1.29, 1.82) is 0 Å². The van der Waals surface area contributed by atoms with Crippen LogP contribution in [0.15, 0.2) is 24.3 Å². The van der Waals surface area contributed by atoms with Crippen molar-refractivity contribution in [2.45, 2.75) is 32.2 Å². The van der Waals surface area contributed by atoms with Gasteiger partial charge in [0.15, 0.2) is 0 Å². The third kappa shape index (κ3) is 5.78. The molecule has 0 aromatic heterocycles. The van der Waals surface area contributed by atoms with Crippen LogP contribution in [0.5, 0.6) is 0 Å². The molecular formula is C14H18N2O6. The van der Waals surface area contributed by atoms with Gasteiger partial charge in [0.05, 0.1) is 11.5 Å². The molecule has 1 rings (SSSR count). The number of non-ortho nitro benzene ring substituents is 1. The highest BCUT2D eigenvalue weighted by atomic mass is 16.6. The Bertz CT molecular complexity index is 529. The van der Waals surface area contributed by atoms with Crippen LogP contribution in [0.1, 0.15) is 25.3 Å². The van der Waals surface area contributed by atoms with Crippen LogP contribution in [0.25, 0.3) is 0 Å². The van der Waals surface area contributed by atoms with Crippen molar-refractivity contribution in [3.05, 3.63) is 39.9 Å². The number of carboxylic acids is 1. The molecule has 0 bridgehead atoms. The summed E-state index contributed by atoms with van der Waals surface area (Å²) in [5, 5.41) is 21.9. The number of ether oxygens (including phenoxy) is 1. The largest absolute Gasteiger partial charge is 0.480 e. The summed E-state index contributed by atoms with van der Waals surface area (Å²) in [6.45, 7) is 2.17. The smallest absolute Gasteiger partial charge is 0.407 e. The number of nitrogens with one attached hydrogen (secondary N) is 1. The van der Waals surface area contributed by atoms with E-state index < -0.39 is 23.0 Å². The highest BCUT2D eigenvalue weighted by Crippen LogP contribution is 2.13. The van der Waals surface area contributed by atoms with Gasteiger partial charge in [-0.15, -0.1) is 0 Å². The monoisotopic (exact) mass is 310 g/mol. The summed E-state index contributed by atoms with van der Waals surface area (Å²) in [7, 11) is 0. The maximum absolute atomic E-state index is 11.5. The molecule has 0 saturated carbocycles. The van der Waals surface area contributed by atoms with Crippen LogP contribution >= 0.6 is 0 Å². The van der Waals surface area contributed by atoms with Gasteiger partial charge in [-0.25, -0.2) is 9.59 Å². The third-order valence-corrected chi connectivity index (χ3v) is 2.91. The van der Waals surface area contributed by atoms with Gasteiger partial charge in [-0.1, -0.05) is 25.5 Å². The number of aliphatic carboxylic acids is 1. The zero-order valence-electron chi connectivity index (χ0n) is 12.2. The number of hydrogen-bond donors (Lipinski definition) is 2. The number of benzene rings is 1. The van der Waals surface area contributed by atoms with Crippen molar-refractivity contribution in [3.8, 4) is 0 Å². The Labute approximate surface area is 127 Å². The number of carbonyl (C=O) groups is 2. The van der Waals surface area contributed by atoms with Gasteiger partial charge in [0.1, 0.15) is 6.04 Å². The number of amides is 1. The number of alkyl carbamates (subject to hydrolysis) is 1. The SMILES string of the molecule is CCCCOC(=O)N[C@@H](Cc1ccc([N+](=O)[O-])cc1)C(=O)O. The Morgan fingerprint density at radius 3 is 2.50 bits per heavy atom. The predicted molar refractivity (Wildman–Crippen MR) is 77.6 cm³/mol. The Hall–Kier alpha value is -2.64. The molecule has 0 aliphatic heterocycles. The van der Waals surface area contributed by atoms with Crippen molar-refractivity contribution in [2.75, 3.05) is 6.61 Å². The molecule has 8 nitrogen and oxygen atoms in total. The molecule has 1 atom stereocenters. The number of nitro groups is 1. The average Bonchev–Trinajstić information content (AvgIpc) is 2.47. The number of nitro benzene ring substituents is 1. The van der Waals surface area contributed by atoms with E-state index in [1.807, 2.05) is 6.92 Å². The third-order valence-electron chi connectivity index (χ3n) is 2.91. The first kappa shape index (κ1) is 17.4. The predicted octanol–water partition coefficient (Wildman–Crippen LogP) is 2.12. The molecular weight excluding hydrogens is 292 g/mol. The Balaban J connectivity index is 2.62. The second-order valence-electron chi connectivity index (χ2n) is 4.65. The van der Waals surface area contributed by atoms with Crippen LogP contribution in [0.4, 0.5) is 10.5 Å². The van der Waals surface area contributed by atoms with E-state index in [0.717, 1.165) is 6.42 Å². The van der Waals surface area contributed by atoms with Crippen molar-refractivity contribution in [1.82, 2.24) is 5.32 Å². The van der Waals surface area contributed by atoms with Crippen LogP contribution in [-0.4, -0.2) is 34.7 Å². The van der Waals surface area contributed by atoms with Gasteiger partial charge < -0.3 is 15.2 Å². The summed E-state index contributed by atoms with van der Waals surface area (Å²) in [6, 6.07) is 4.33. The first-order valence-corrected chi connectivity index (χ1v) is 6.83. The van der Waals surface area contributed by atoms with E-state index in [9.17, 15) is 19.7 Å². The van der Waals surface area contributed by atoms with E-state index >= 15 is 0 Å². The summed E-state index contributed by atoms with van der Waals surface area (Å²) in [4.78, 5) is 32.7. The number of hydrogen-bond acceptors (Lipinski definition) is 5. The molecule has 2 N–H and O–H groups in total. The first-order valence-electron chi connectivity index (χ1n) is 6.83. The summed E-state index contributed by atoms with van der Waals surface area (Å²) in [5.41, 5.74) is 0.481. The van der Waals surface area contributed by atoms with Crippen LogP contribution < -0.4 is 5.32 Å². The minimum atomic E-state index is -1.20. The standard InChI is InChI=1S/C14H18N2O6/c1-2-3-8-22-14(19)15-12(13(17)18)9-10-4-6-11(7-5-10)16(20)21/h4-7,12H,2-3,8-9H2,1H3,(H,15,19)(H,17,18)/t12-/m0/s1. The van der Waals surface area contributed by atoms with E-state index in [4.69, 9.17) is 9.84 Å². The molecule has 1 amide bonds. The van der Waals surface area contributed by atoms with E-state index in [1.165, 1.54) is 24.3 Å². The fourth-order valence-corrected chi connectivity index (χ4v) is 1.68. The zero-order valence-corrected chi connectivity index (χ0v) is 12.2. The normalized spacial score (nSPS) is 11.5. The Morgan fingerprint density at radius 2 is 2.00 bits per heavy atom. The van der Waals surface area contributed by atoms with Gasteiger partial charge in [-0.05, 0) is 12.0 Å². The Morgan fingerprint density at radius 1 is 1.36 bits per heavy atom. The highest BCUT2D eigenvalue weighted by molar-refractivity contribution is 5.80. The lowest BCUT2D eigenvalue weighted by molar-refractivity contribution is -0.384. The first-order chi connectivity index (χ1) is 10.4. The van der Waals surface area contributed by atoms with Gasteiger partial charge in [0, 0.05) is 18.6 Å². The molecule has 1 aromatic rings. The molecule has 0 spiro atoms. The molecule has 0 fully saturated rings. The maximum Gasteiger partial charge on any atom is 0.407 e. The van der Waals surface area contributed by atoms with Crippen molar-refractivity contribution in [3.63, 3.8) is 0 Å². The lowest BCUT2D eigenvalue weighted by atomic mass is 10.1. The highest BCUT2D eigenvalue weighted by Gasteiger charge is 2.21. The number of nitrogens with zero attached hydrogens (tertiary/aromatic N) is 1. The number of unbranched alkanes of at least 4 members (excludes halogenated alkanes) is 1. The van der Waals surface area contributed by atoms with E-state index in [1.54, 1.807) is 0 Å². The minimum absolute atomic E-state index is 0.0101. The number of carboxylic acid groups (broad SMARTS) is 1. The number of rotatable bonds is 8. The van der Waals surface area contributed by atoms with Gasteiger partial charge in [-0.3, -0.25) is 10.1 Å². The molecule has 0 radical (unpaired) electrons. The fraction of sp³-hybridized carbons (Fsp3) is 0.429. The minimum Gasteiger partial charge on any atom is -0.480 e. The molecule has 1 aromatic carbocycles. The Kier molecular flexibility index (Phi) is 6.81. The van der Waals surface area contributed by atoms with Crippen molar-refractivity contribution < 1.29 is 24.4 Å². The molecule has 0 saturated heterocycles. The van der Waals surface area contributed by atoms with Gasteiger partial charge >= 0.3 is 12.1 Å². The van der Waals surface area contributed by atoms with E-state index in [2.05, 4.69) is 5.32 Å². The lowest BCUT2D eigenvalue weighted by Crippen LogP contribution is -2.42. The van der Waals surface area contributed by atoms with Crippen LogP contribution in [0.3, 0.4) is 0 Å². The van der Waals surface area contributed by atoms with Gasteiger partial charge in [-0.2, -0.15) is 0 Å². The van der Waals surface area contributed by atoms with Gasteiger partial charge in [0.25, 0.3) is 5.69 Å². The van der Waals surface area contributed by atoms with Crippen LogP contribution in [0, 0.1) is 10.1 Å². The van der Waals surface area contributed by atoms with E-state index in [0.29, 0.717) is 12.0 Å². The summed E-state index contributed by atoms with van der Waals surface area (Å²) in [6.07, 6.45) is 0.782. The van der Waals surface area contributed by atoms with Crippen molar-refractivity contribution in [2.24, 2.45) is 0 Å². The second kappa shape index (κ2) is 8.60. The summed E-state index contributed by atoms with van der Waals surface area (Å²) < 4.78 is 4.85. The second-order valence-corrected chi connectivity index (χ2v) is 4.65. The average molecular weight is 310 g/mol. The molecule has 8 heteroatoms. The fourth-order valence-electron chi connectivity index (χ4n) is 1.68. The quantitative estimate of drug-likeness (QED) is 0.431. The van der Waals surface area contributed by atoms with Crippen molar-refractivity contribution >= 4 is 17.7 Å². The van der Waals surface area contributed by atoms with E-state index in [-0.39, 0.29) is 18.7 Å². The zero-order chi connectivity index (χ0) is 16.5. The molecule has 120 valence electrons. The molecule has 0 heterocycles. The summed E-state index contributed by atoms with van der Waals surface area (Å²) in [5.74, 6) is -1.20. The van der Waals surface area contributed by atoms with Crippen LogP contribution in [-0.2, 0) is 16.0 Å². The topological polar surface area (TPSA) is 119 Å². The molecule has 0 aliphatic carbocycles.